The van der Waals surface area contributed by atoms with E-state index in [-0.39, 0.29) is 6.10 Å². The maximum Gasteiger partial charge on any atom is 0.136 e. The molecule has 1 aliphatic heterocycles. The second-order valence-corrected chi connectivity index (χ2v) is 6.76. The topological polar surface area (TPSA) is 47.9 Å². The van der Waals surface area contributed by atoms with Crippen molar-refractivity contribution in [2.45, 2.75) is 38.9 Å². The van der Waals surface area contributed by atoms with Crippen LogP contribution in [0.1, 0.15) is 49.2 Å². The summed E-state index contributed by atoms with van der Waals surface area (Å²) in [6, 6.07) is 11.8. The molecule has 1 aliphatic rings. The molecule has 0 aromatic heterocycles. The third-order valence-corrected chi connectivity index (χ3v) is 4.70. The molecule has 138 valence electrons. The molecular weight excluding hydrogens is 328 g/mol. The van der Waals surface area contributed by atoms with Crippen molar-refractivity contribution in [3.05, 3.63) is 64.7 Å². The number of methoxy groups -OCH3 is 2. The van der Waals surface area contributed by atoms with Gasteiger partial charge in [0.1, 0.15) is 23.4 Å². The van der Waals surface area contributed by atoms with Gasteiger partial charge in [0.05, 0.1) is 25.9 Å². The van der Waals surface area contributed by atoms with Gasteiger partial charge in [0.2, 0.25) is 0 Å². The van der Waals surface area contributed by atoms with Gasteiger partial charge in [-0.1, -0.05) is 42.0 Å². The van der Waals surface area contributed by atoms with E-state index in [9.17, 15) is 5.11 Å². The van der Waals surface area contributed by atoms with Crippen LogP contribution >= 0.6 is 0 Å². The fraction of sp³-hybridized carbons (Fsp3) is 0.364. The number of hydrogen-bond acceptors (Lipinski definition) is 4. The molecule has 4 heteroatoms. The summed E-state index contributed by atoms with van der Waals surface area (Å²) in [6.45, 7) is 4.12. The summed E-state index contributed by atoms with van der Waals surface area (Å²) in [7, 11) is 3.24. The summed E-state index contributed by atoms with van der Waals surface area (Å²) < 4.78 is 17.5. The lowest BCUT2D eigenvalue weighted by Gasteiger charge is -2.33. The number of rotatable bonds is 5. The van der Waals surface area contributed by atoms with Gasteiger partial charge in [-0.25, -0.2) is 0 Å². The van der Waals surface area contributed by atoms with E-state index in [4.69, 9.17) is 14.2 Å². The Labute approximate surface area is 155 Å². The van der Waals surface area contributed by atoms with E-state index < -0.39 is 6.10 Å². The summed E-state index contributed by atoms with van der Waals surface area (Å²) in [5.74, 6) is 1.97. The van der Waals surface area contributed by atoms with E-state index in [1.165, 1.54) is 5.57 Å². The molecule has 3 rings (SSSR count). The molecule has 0 spiro atoms. The van der Waals surface area contributed by atoms with Gasteiger partial charge in [-0.15, -0.1) is 0 Å². The molecule has 2 atom stereocenters. The van der Waals surface area contributed by atoms with Crippen LogP contribution in [0.3, 0.4) is 0 Å². The van der Waals surface area contributed by atoms with Crippen LogP contribution in [0, 0.1) is 0 Å². The lowest BCUT2D eigenvalue weighted by Crippen LogP contribution is -2.21. The van der Waals surface area contributed by atoms with Crippen molar-refractivity contribution >= 4 is 0 Å². The van der Waals surface area contributed by atoms with Crippen molar-refractivity contribution in [2.24, 2.45) is 0 Å². The Morgan fingerprint density at radius 1 is 1.15 bits per heavy atom. The highest BCUT2D eigenvalue weighted by molar-refractivity contribution is 5.60. The minimum Gasteiger partial charge on any atom is -0.496 e. The second-order valence-electron chi connectivity index (χ2n) is 6.76. The van der Waals surface area contributed by atoms with Crippen LogP contribution in [0.2, 0.25) is 0 Å². The molecule has 4 nitrogen and oxygen atoms in total. The Balaban J connectivity index is 2.12. The molecule has 0 saturated carbocycles. The van der Waals surface area contributed by atoms with Crippen LogP contribution in [0.15, 0.2) is 48.0 Å². The molecule has 26 heavy (non-hydrogen) atoms. The SMILES string of the molecule is COc1cc(OC)c2c(c1CC=C(C)C)O[C@H](c1ccccc1)C[C@H]2O. The smallest absolute Gasteiger partial charge is 0.136 e. The minimum absolute atomic E-state index is 0.207. The quantitative estimate of drug-likeness (QED) is 0.786. The van der Waals surface area contributed by atoms with Gasteiger partial charge >= 0.3 is 0 Å². The minimum atomic E-state index is -0.657. The summed E-state index contributed by atoms with van der Waals surface area (Å²) in [5, 5.41) is 10.9. The lowest BCUT2D eigenvalue weighted by atomic mass is 9.91. The zero-order chi connectivity index (χ0) is 18.7. The largest absolute Gasteiger partial charge is 0.496 e. The predicted octanol–water partition coefficient (Wildman–Crippen LogP) is 4.77. The lowest BCUT2D eigenvalue weighted by molar-refractivity contribution is 0.0621. The zero-order valence-corrected chi connectivity index (χ0v) is 15.8. The Kier molecular flexibility index (Phi) is 5.52. The third-order valence-electron chi connectivity index (χ3n) is 4.70. The number of ether oxygens (including phenoxy) is 3. The average Bonchev–Trinajstić information content (AvgIpc) is 2.65. The van der Waals surface area contributed by atoms with Crippen molar-refractivity contribution in [1.82, 2.24) is 0 Å². The summed E-state index contributed by atoms with van der Waals surface area (Å²) in [5.41, 5.74) is 3.90. The van der Waals surface area contributed by atoms with E-state index in [0.29, 0.717) is 35.7 Å². The van der Waals surface area contributed by atoms with Crippen molar-refractivity contribution in [1.29, 1.82) is 0 Å². The fourth-order valence-corrected chi connectivity index (χ4v) is 3.35. The van der Waals surface area contributed by atoms with Crippen molar-refractivity contribution in [3.63, 3.8) is 0 Å². The molecule has 0 saturated heterocycles. The molecule has 2 aromatic carbocycles. The number of aliphatic hydroxyl groups is 1. The number of hydrogen-bond donors (Lipinski definition) is 1. The third kappa shape index (κ3) is 3.56. The van der Waals surface area contributed by atoms with Gasteiger partial charge in [0.15, 0.2) is 0 Å². The van der Waals surface area contributed by atoms with Gasteiger partial charge < -0.3 is 19.3 Å². The van der Waals surface area contributed by atoms with Crippen LogP contribution in [0.5, 0.6) is 17.2 Å². The zero-order valence-electron chi connectivity index (χ0n) is 15.8. The molecule has 0 amide bonds. The monoisotopic (exact) mass is 354 g/mol. The predicted molar refractivity (Wildman–Crippen MR) is 102 cm³/mol. The van der Waals surface area contributed by atoms with Crippen molar-refractivity contribution < 1.29 is 19.3 Å². The Bertz CT molecular complexity index is 792. The van der Waals surface area contributed by atoms with Gasteiger partial charge in [-0.3, -0.25) is 0 Å². The molecule has 0 bridgehead atoms. The van der Waals surface area contributed by atoms with E-state index in [1.807, 2.05) is 36.4 Å². The molecule has 1 N–H and O–H groups in total. The molecule has 0 radical (unpaired) electrons. The first-order chi connectivity index (χ1) is 12.5. The van der Waals surface area contributed by atoms with Crippen LogP contribution in [0.4, 0.5) is 0 Å². The number of benzene rings is 2. The van der Waals surface area contributed by atoms with Gasteiger partial charge in [0, 0.05) is 18.1 Å². The van der Waals surface area contributed by atoms with E-state index >= 15 is 0 Å². The van der Waals surface area contributed by atoms with Gasteiger partial charge in [0.25, 0.3) is 0 Å². The normalized spacial score (nSPS) is 18.5. The summed E-state index contributed by atoms with van der Waals surface area (Å²) in [6.07, 6.45) is 2.43. The van der Waals surface area contributed by atoms with Gasteiger partial charge in [-0.05, 0) is 25.8 Å². The highest BCUT2D eigenvalue weighted by Gasteiger charge is 2.34. The molecular formula is C22H26O4. The molecule has 0 aliphatic carbocycles. The van der Waals surface area contributed by atoms with Crippen LogP contribution in [-0.2, 0) is 6.42 Å². The molecule has 2 aromatic rings. The average molecular weight is 354 g/mol. The first-order valence-electron chi connectivity index (χ1n) is 8.86. The van der Waals surface area contributed by atoms with E-state index in [2.05, 4.69) is 19.9 Å². The highest BCUT2D eigenvalue weighted by atomic mass is 16.5. The Morgan fingerprint density at radius 3 is 2.46 bits per heavy atom. The maximum absolute atomic E-state index is 10.9. The van der Waals surface area contributed by atoms with Crippen molar-refractivity contribution in [3.8, 4) is 17.2 Å². The summed E-state index contributed by atoms with van der Waals surface area (Å²) >= 11 is 0. The van der Waals surface area contributed by atoms with Crippen molar-refractivity contribution in [2.75, 3.05) is 14.2 Å². The van der Waals surface area contributed by atoms with Crippen LogP contribution in [0.25, 0.3) is 0 Å². The fourth-order valence-electron chi connectivity index (χ4n) is 3.35. The molecule has 1 heterocycles. The Morgan fingerprint density at radius 2 is 1.85 bits per heavy atom. The summed E-state index contributed by atoms with van der Waals surface area (Å²) in [4.78, 5) is 0. The maximum atomic E-state index is 10.9. The first kappa shape index (κ1) is 18.3. The van der Waals surface area contributed by atoms with Crippen LogP contribution < -0.4 is 14.2 Å². The first-order valence-corrected chi connectivity index (χ1v) is 8.86. The van der Waals surface area contributed by atoms with Crippen LogP contribution in [-0.4, -0.2) is 19.3 Å². The molecule has 0 fully saturated rings. The molecule has 0 unspecified atom stereocenters. The van der Waals surface area contributed by atoms with Gasteiger partial charge in [-0.2, -0.15) is 0 Å². The standard InChI is InChI=1S/C22H26O4/c1-14(2)10-11-16-19(24-3)13-20(25-4)21-17(23)12-18(26-22(16)21)15-8-6-5-7-9-15/h5-10,13,17-18,23H,11-12H2,1-4H3/t17-,18+/m1/s1. The number of allylic oxidation sites excluding steroid dienone is 2. The highest BCUT2D eigenvalue weighted by Crippen LogP contribution is 2.50. The number of aliphatic hydroxyl groups excluding tert-OH is 1. The van der Waals surface area contributed by atoms with E-state index in [1.54, 1.807) is 14.2 Å². The second kappa shape index (κ2) is 7.83. The number of fused-ring (bicyclic) bond motifs is 1. The Hall–Kier alpha value is -2.46. The van der Waals surface area contributed by atoms with E-state index in [0.717, 1.165) is 11.1 Å².